The molecular weight excluding hydrogens is 285 g/mol. The fourth-order valence-electron chi connectivity index (χ4n) is 2.79. The van der Waals surface area contributed by atoms with Gasteiger partial charge in [0.2, 0.25) is 0 Å². The van der Waals surface area contributed by atoms with Crippen LogP contribution in [-0.4, -0.2) is 29.2 Å². The number of hydrogen-bond donors (Lipinski definition) is 1. The summed E-state index contributed by atoms with van der Waals surface area (Å²) >= 11 is 1.73. The van der Waals surface area contributed by atoms with E-state index < -0.39 is 12.6 Å². The van der Waals surface area contributed by atoms with Gasteiger partial charge in [-0.3, -0.25) is 4.99 Å². The molecule has 0 aromatic heterocycles. The molecule has 2 rings (SSSR count). The van der Waals surface area contributed by atoms with E-state index in [0.717, 1.165) is 16.8 Å². The van der Waals surface area contributed by atoms with Gasteiger partial charge in [0, 0.05) is 24.3 Å². The minimum Gasteiger partial charge on any atom is -0.359 e. The number of halogens is 3. The highest BCUT2D eigenvalue weighted by molar-refractivity contribution is 8.14. The summed E-state index contributed by atoms with van der Waals surface area (Å²) in [5.74, 6) is 1.87. The third-order valence-corrected chi connectivity index (χ3v) is 5.41. The molecule has 1 N–H and O–H groups in total. The second kappa shape index (κ2) is 6.58. The molecule has 6 heteroatoms. The molecule has 0 radical (unpaired) electrons. The van der Waals surface area contributed by atoms with Gasteiger partial charge in [-0.15, -0.1) is 0 Å². The molecule has 2 aliphatic rings. The van der Waals surface area contributed by atoms with E-state index in [4.69, 9.17) is 0 Å². The van der Waals surface area contributed by atoms with Crippen molar-refractivity contribution < 1.29 is 13.2 Å². The minimum absolute atomic E-state index is 0.174. The highest BCUT2D eigenvalue weighted by atomic mass is 32.2. The third kappa shape index (κ3) is 4.86. The average molecular weight is 308 g/mol. The van der Waals surface area contributed by atoms with Gasteiger partial charge in [-0.1, -0.05) is 18.7 Å². The number of nitrogens with one attached hydrogen (secondary N) is 1. The molecular formula is C14H23F3N2S. The Hall–Kier alpha value is -0.390. The molecule has 1 saturated carbocycles. The van der Waals surface area contributed by atoms with Gasteiger partial charge in [0.25, 0.3) is 0 Å². The molecule has 116 valence electrons. The Labute approximate surface area is 123 Å². The van der Waals surface area contributed by atoms with Crippen LogP contribution in [0.25, 0.3) is 0 Å². The summed E-state index contributed by atoms with van der Waals surface area (Å²) in [5.41, 5.74) is 0.210. The molecule has 0 bridgehead atoms. The van der Waals surface area contributed by atoms with E-state index in [1.54, 1.807) is 11.8 Å². The molecule has 1 aliphatic heterocycles. The van der Waals surface area contributed by atoms with E-state index in [0.29, 0.717) is 13.0 Å². The van der Waals surface area contributed by atoms with Crippen molar-refractivity contribution in [2.45, 2.75) is 63.6 Å². The molecule has 1 heterocycles. The topological polar surface area (TPSA) is 24.4 Å². The van der Waals surface area contributed by atoms with Crippen LogP contribution in [0.5, 0.6) is 0 Å². The highest BCUT2D eigenvalue weighted by Gasteiger charge is 2.39. The number of nitrogens with zero attached hydrogens (tertiary/aromatic N) is 1. The van der Waals surface area contributed by atoms with Crippen molar-refractivity contribution in [3.8, 4) is 0 Å². The standard InChI is InChI=1S/C14H23F3N2S/c1-11-4-7-13(8-5-11)10-20-12(19-13)18-9-3-2-6-14(15,16)17/h11H,2-10H2,1H3,(H,18,19). The normalized spacial score (nSPS) is 32.8. The Morgan fingerprint density at radius 2 is 2.00 bits per heavy atom. The van der Waals surface area contributed by atoms with Gasteiger partial charge in [0.05, 0.1) is 0 Å². The number of amidine groups is 1. The quantitative estimate of drug-likeness (QED) is 0.780. The average Bonchev–Trinajstić information content (AvgIpc) is 2.75. The number of hydrogen-bond acceptors (Lipinski definition) is 2. The number of unbranched alkanes of at least 4 members (excludes halogenated alkanes) is 1. The Kier molecular flexibility index (Phi) is 5.26. The Morgan fingerprint density at radius 3 is 2.65 bits per heavy atom. The lowest BCUT2D eigenvalue weighted by Crippen LogP contribution is -2.46. The van der Waals surface area contributed by atoms with Crippen LogP contribution >= 0.6 is 11.8 Å². The van der Waals surface area contributed by atoms with Crippen LogP contribution in [-0.2, 0) is 0 Å². The van der Waals surface area contributed by atoms with E-state index in [-0.39, 0.29) is 12.0 Å². The van der Waals surface area contributed by atoms with Crippen molar-refractivity contribution in [3.63, 3.8) is 0 Å². The SMILES string of the molecule is CC1CCC2(CC1)CSC(=NCCCCC(F)(F)F)N2. The second-order valence-corrected chi connectivity index (χ2v) is 7.10. The molecule has 0 unspecified atom stereocenters. The summed E-state index contributed by atoms with van der Waals surface area (Å²) in [7, 11) is 0. The van der Waals surface area contributed by atoms with Crippen molar-refractivity contribution in [1.82, 2.24) is 5.32 Å². The summed E-state index contributed by atoms with van der Waals surface area (Å²) in [6, 6.07) is 0. The zero-order valence-electron chi connectivity index (χ0n) is 11.9. The van der Waals surface area contributed by atoms with E-state index >= 15 is 0 Å². The molecule has 0 atom stereocenters. The predicted octanol–water partition coefficient (Wildman–Crippen LogP) is 4.36. The zero-order valence-corrected chi connectivity index (χ0v) is 12.7. The molecule has 1 aliphatic carbocycles. The summed E-state index contributed by atoms with van der Waals surface area (Å²) < 4.78 is 36.0. The van der Waals surface area contributed by atoms with E-state index in [1.807, 2.05) is 0 Å². The molecule has 2 fully saturated rings. The van der Waals surface area contributed by atoms with Crippen LogP contribution in [0.4, 0.5) is 13.2 Å². The monoisotopic (exact) mass is 308 g/mol. The minimum atomic E-state index is -4.03. The maximum absolute atomic E-state index is 12.0. The van der Waals surface area contributed by atoms with Gasteiger partial charge < -0.3 is 5.32 Å². The van der Waals surface area contributed by atoms with Crippen molar-refractivity contribution in [2.75, 3.05) is 12.3 Å². The molecule has 0 aromatic rings. The van der Waals surface area contributed by atoms with Gasteiger partial charge in [-0.05, 0) is 44.4 Å². The molecule has 1 saturated heterocycles. The van der Waals surface area contributed by atoms with Crippen LogP contribution in [0.3, 0.4) is 0 Å². The summed E-state index contributed by atoms with van der Waals surface area (Å²) in [5, 5.41) is 4.46. The lowest BCUT2D eigenvalue weighted by molar-refractivity contribution is -0.135. The Bertz CT molecular complexity index is 347. The third-order valence-electron chi connectivity index (χ3n) is 4.21. The predicted molar refractivity (Wildman–Crippen MR) is 78.2 cm³/mol. The van der Waals surface area contributed by atoms with Crippen molar-refractivity contribution >= 4 is 16.9 Å². The Morgan fingerprint density at radius 1 is 1.30 bits per heavy atom. The fourth-order valence-corrected chi connectivity index (χ4v) is 4.04. The van der Waals surface area contributed by atoms with E-state index in [2.05, 4.69) is 17.2 Å². The highest BCUT2D eigenvalue weighted by Crippen LogP contribution is 2.38. The number of thioether (sulfide) groups is 1. The fraction of sp³-hybridized carbons (Fsp3) is 0.929. The largest absolute Gasteiger partial charge is 0.389 e. The van der Waals surface area contributed by atoms with Crippen LogP contribution < -0.4 is 5.32 Å². The van der Waals surface area contributed by atoms with Crippen molar-refractivity contribution in [2.24, 2.45) is 10.9 Å². The first-order valence-electron chi connectivity index (χ1n) is 7.41. The van der Waals surface area contributed by atoms with Crippen LogP contribution in [0.2, 0.25) is 0 Å². The molecule has 0 amide bonds. The van der Waals surface area contributed by atoms with Crippen LogP contribution in [0.15, 0.2) is 4.99 Å². The summed E-state index contributed by atoms with van der Waals surface area (Å²) in [4.78, 5) is 4.41. The first-order chi connectivity index (χ1) is 9.39. The lowest BCUT2D eigenvalue weighted by Gasteiger charge is -2.35. The molecule has 20 heavy (non-hydrogen) atoms. The maximum atomic E-state index is 12.0. The summed E-state index contributed by atoms with van der Waals surface area (Å²) in [6.45, 7) is 2.79. The smallest absolute Gasteiger partial charge is 0.359 e. The number of aliphatic imine (C=N–C) groups is 1. The van der Waals surface area contributed by atoms with Gasteiger partial charge in [-0.25, -0.2) is 0 Å². The first-order valence-corrected chi connectivity index (χ1v) is 8.39. The maximum Gasteiger partial charge on any atom is 0.389 e. The molecule has 0 aromatic carbocycles. The van der Waals surface area contributed by atoms with Crippen molar-refractivity contribution in [3.05, 3.63) is 0 Å². The van der Waals surface area contributed by atoms with Crippen LogP contribution in [0.1, 0.15) is 51.9 Å². The lowest BCUT2D eigenvalue weighted by atomic mass is 9.78. The number of rotatable bonds is 4. The van der Waals surface area contributed by atoms with Gasteiger partial charge in [0.15, 0.2) is 5.17 Å². The summed E-state index contributed by atoms with van der Waals surface area (Å²) in [6.07, 6.45) is 0.848. The Balaban J connectivity index is 1.69. The van der Waals surface area contributed by atoms with Gasteiger partial charge >= 0.3 is 6.18 Å². The number of alkyl halides is 3. The van der Waals surface area contributed by atoms with Crippen LogP contribution in [0, 0.1) is 5.92 Å². The zero-order chi connectivity index (χ0) is 14.6. The second-order valence-electron chi connectivity index (χ2n) is 6.14. The van der Waals surface area contributed by atoms with E-state index in [9.17, 15) is 13.2 Å². The van der Waals surface area contributed by atoms with Gasteiger partial charge in [0.1, 0.15) is 0 Å². The molecule has 1 spiro atoms. The molecule has 2 nitrogen and oxygen atoms in total. The van der Waals surface area contributed by atoms with Crippen molar-refractivity contribution in [1.29, 1.82) is 0 Å². The van der Waals surface area contributed by atoms with Gasteiger partial charge in [-0.2, -0.15) is 13.2 Å². The van der Waals surface area contributed by atoms with E-state index in [1.165, 1.54) is 25.7 Å². The first kappa shape index (κ1) is 16.0.